The van der Waals surface area contributed by atoms with Crippen LogP contribution in [0.4, 0.5) is 0 Å². The Kier molecular flexibility index (Phi) is 19.9. The molecule has 0 aromatic rings. The fraction of sp³-hybridized carbons (Fsp3) is 0.889. The van der Waals surface area contributed by atoms with Crippen LogP contribution in [-0.4, -0.2) is 33.9 Å². The molecule has 0 aliphatic heterocycles. The second kappa shape index (κ2) is 18.9. The molecule has 3 N–H and O–H groups in total. The number of rotatable bonds is 14. The highest BCUT2D eigenvalue weighted by Crippen LogP contribution is 2.08. The molecule has 0 radical (unpaired) electrons. The molecular formula is C18H36O5. The minimum atomic E-state index is -0.740. The Hall–Kier alpha value is -1.10. The lowest BCUT2D eigenvalue weighted by Crippen LogP contribution is -1.94. The standard InChI is InChI=1S/C10H18O4.C8H18O/c11-9(12)7-5-3-1-2-4-6-8-10(13)14;1-8(2)6-4-3-5-7-9/h1-8H2,(H,11,12)(H,13,14);8-9H,3-7H2,1-2H3. The number of aliphatic hydroxyl groups is 1. The van der Waals surface area contributed by atoms with E-state index in [-0.39, 0.29) is 12.8 Å². The second-order valence-corrected chi connectivity index (χ2v) is 6.38. The van der Waals surface area contributed by atoms with Gasteiger partial charge in [0.25, 0.3) is 0 Å². The molecule has 0 amide bonds. The van der Waals surface area contributed by atoms with Gasteiger partial charge in [-0.15, -0.1) is 0 Å². The Morgan fingerprint density at radius 1 is 0.696 bits per heavy atom. The van der Waals surface area contributed by atoms with Crippen molar-refractivity contribution in [3.8, 4) is 0 Å². The van der Waals surface area contributed by atoms with Gasteiger partial charge in [0.1, 0.15) is 0 Å². The van der Waals surface area contributed by atoms with Crippen LogP contribution in [0, 0.1) is 5.92 Å². The van der Waals surface area contributed by atoms with Gasteiger partial charge >= 0.3 is 11.9 Å². The minimum absolute atomic E-state index is 0.245. The van der Waals surface area contributed by atoms with E-state index in [1.165, 1.54) is 19.3 Å². The van der Waals surface area contributed by atoms with Crippen molar-refractivity contribution < 1.29 is 24.9 Å². The zero-order chi connectivity index (χ0) is 17.9. The maximum absolute atomic E-state index is 10.1. The molecule has 0 aromatic heterocycles. The molecule has 0 fully saturated rings. The average molecular weight is 332 g/mol. The molecule has 0 saturated heterocycles. The van der Waals surface area contributed by atoms with Crippen LogP contribution in [0.1, 0.15) is 90.9 Å². The predicted molar refractivity (Wildman–Crippen MR) is 92.6 cm³/mol. The molecule has 23 heavy (non-hydrogen) atoms. The highest BCUT2D eigenvalue weighted by Gasteiger charge is 1.98. The van der Waals surface area contributed by atoms with Crippen molar-refractivity contribution in [3.05, 3.63) is 0 Å². The quantitative estimate of drug-likeness (QED) is 0.408. The molecule has 5 heteroatoms. The summed E-state index contributed by atoms with van der Waals surface area (Å²) < 4.78 is 0. The van der Waals surface area contributed by atoms with E-state index < -0.39 is 11.9 Å². The highest BCUT2D eigenvalue weighted by molar-refractivity contribution is 5.66. The Labute approximate surface area is 141 Å². The lowest BCUT2D eigenvalue weighted by atomic mass is 10.1. The molecule has 0 unspecified atom stereocenters. The zero-order valence-corrected chi connectivity index (χ0v) is 14.9. The van der Waals surface area contributed by atoms with Gasteiger partial charge in [0.05, 0.1) is 0 Å². The van der Waals surface area contributed by atoms with Crippen molar-refractivity contribution in [2.45, 2.75) is 90.9 Å². The number of carboxylic acid groups (broad SMARTS) is 2. The molecule has 0 heterocycles. The van der Waals surface area contributed by atoms with Crippen molar-refractivity contribution in [1.29, 1.82) is 0 Å². The van der Waals surface area contributed by atoms with Crippen LogP contribution in [-0.2, 0) is 9.59 Å². The summed E-state index contributed by atoms with van der Waals surface area (Å²) in [5.41, 5.74) is 0. The summed E-state index contributed by atoms with van der Waals surface area (Å²) in [6.45, 7) is 4.83. The third-order valence-corrected chi connectivity index (χ3v) is 3.47. The van der Waals surface area contributed by atoms with Crippen LogP contribution in [0.3, 0.4) is 0 Å². The molecule has 0 rings (SSSR count). The molecule has 0 saturated carbocycles. The first-order valence-corrected chi connectivity index (χ1v) is 8.94. The number of hydrogen-bond acceptors (Lipinski definition) is 3. The summed E-state index contributed by atoms with van der Waals surface area (Å²) in [4.78, 5) is 20.3. The monoisotopic (exact) mass is 332 g/mol. The molecule has 0 aliphatic rings. The summed E-state index contributed by atoms with van der Waals surface area (Å²) in [5.74, 6) is -0.657. The first-order chi connectivity index (χ1) is 10.9. The summed E-state index contributed by atoms with van der Waals surface area (Å²) in [7, 11) is 0. The maximum Gasteiger partial charge on any atom is 0.303 e. The summed E-state index contributed by atoms with van der Waals surface area (Å²) in [5, 5.41) is 25.1. The van der Waals surface area contributed by atoms with Crippen molar-refractivity contribution in [1.82, 2.24) is 0 Å². The maximum atomic E-state index is 10.1. The number of hydrogen-bond donors (Lipinski definition) is 3. The van der Waals surface area contributed by atoms with E-state index in [1.807, 2.05) is 0 Å². The molecule has 0 aliphatic carbocycles. The Morgan fingerprint density at radius 2 is 1.09 bits per heavy atom. The highest BCUT2D eigenvalue weighted by atomic mass is 16.4. The van der Waals surface area contributed by atoms with Gasteiger partial charge in [-0.3, -0.25) is 9.59 Å². The fourth-order valence-electron chi connectivity index (χ4n) is 2.10. The van der Waals surface area contributed by atoms with E-state index in [1.54, 1.807) is 0 Å². The summed E-state index contributed by atoms with van der Waals surface area (Å²) >= 11 is 0. The van der Waals surface area contributed by atoms with Crippen molar-refractivity contribution in [2.75, 3.05) is 6.61 Å². The lowest BCUT2D eigenvalue weighted by molar-refractivity contribution is -0.138. The SMILES string of the molecule is CC(C)CCCCCO.O=C(O)CCCCCCCCC(=O)O. The molecule has 138 valence electrons. The van der Waals surface area contributed by atoms with Gasteiger partial charge in [0, 0.05) is 19.4 Å². The second-order valence-electron chi connectivity index (χ2n) is 6.38. The van der Waals surface area contributed by atoms with E-state index in [4.69, 9.17) is 15.3 Å². The fourth-order valence-corrected chi connectivity index (χ4v) is 2.10. The molecule has 0 atom stereocenters. The topological polar surface area (TPSA) is 94.8 Å². The van der Waals surface area contributed by atoms with Gasteiger partial charge < -0.3 is 15.3 Å². The molecule has 0 spiro atoms. The summed E-state index contributed by atoms with van der Waals surface area (Å²) in [6, 6.07) is 0. The van der Waals surface area contributed by atoms with E-state index in [2.05, 4.69) is 13.8 Å². The Balaban J connectivity index is 0. The van der Waals surface area contributed by atoms with Crippen LogP contribution in [0.15, 0.2) is 0 Å². The molecular weight excluding hydrogens is 296 g/mol. The van der Waals surface area contributed by atoms with Crippen LogP contribution in [0.5, 0.6) is 0 Å². The largest absolute Gasteiger partial charge is 0.481 e. The number of carbonyl (C=O) groups is 2. The molecule has 5 nitrogen and oxygen atoms in total. The van der Waals surface area contributed by atoms with E-state index >= 15 is 0 Å². The minimum Gasteiger partial charge on any atom is -0.481 e. The van der Waals surface area contributed by atoms with Gasteiger partial charge in [0.2, 0.25) is 0 Å². The van der Waals surface area contributed by atoms with Gasteiger partial charge in [-0.25, -0.2) is 0 Å². The molecule has 0 bridgehead atoms. The van der Waals surface area contributed by atoms with Crippen LogP contribution in [0.2, 0.25) is 0 Å². The Bertz CT molecular complexity index is 257. The predicted octanol–water partition coefficient (Wildman–Crippen LogP) is 4.47. The molecule has 0 aromatic carbocycles. The third kappa shape index (κ3) is 29.5. The number of aliphatic carboxylic acids is 2. The first kappa shape index (κ1) is 24.2. The van der Waals surface area contributed by atoms with Crippen molar-refractivity contribution in [2.24, 2.45) is 5.92 Å². The van der Waals surface area contributed by atoms with Crippen molar-refractivity contribution >= 4 is 11.9 Å². The van der Waals surface area contributed by atoms with Gasteiger partial charge in [-0.2, -0.15) is 0 Å². The smallest absolute Gasteiger partial charge is 0.303 e. The van der Waals surface area contributed by atoms with Crippen LogP contribution < -0.4 is 0 Å². The first-order valence-electron chi connectivity index (χ1n) is 8.94. The van der Waals surface area contributed by atoms with Crippen LogP contribution >= 0.6 is 0 Å². The van der Waals surface area contributed by atoms with Gasteiger partial charge in [-0.1, -0.05) is 58.8 Å². The number of carboxylic acids is 2. The third-order valence-electron chi connectivity index (χ3n) is 3.47. The average Bonchev–Trinajstić information content (AvgIpc) is 2.46. The van der Waals surface area contributed by atoms with Gasteiger partial charge in [-0.05, 0) is 25.2 Å². The van der Waals surface area contributed by atoms with Gasteiger partial charge in [0.15, 0.2) is 0 Å². The van der Waals surface area contributed by atoms with E-state index in [9.17, 15) is 9.59 Å². The Morgan fingerprint density at radius 3 is 1.43 bits per heavy atom. The number of aliphatic hydroxyl groups excluding tert-OH is 1. The summed E-state index contributed by atoms with van der Waals surface area (Å²) in [6.07, 6.45) is 10.6. The van der Waals surface area contributed by atoms with E-state index in [0.717, 1.165) is 50.9 Å². The zero-order valence-electron chi connectivity index (χ0n) is 14.9. The van der Waals surface area contributed by atoms with Crippen molar-refractivity contribution in [3.63, 3.8) is 0 Å². The number of unbranched alkanes of at least 4 members (excludes halogenated alkanes) is 7. The van der Waals surface area contributed by atoms with Crippen LogP contribution in [0.25, 0.3) is 0 Å². The normalized spacial score (nSPS) is 10.3. The van der Waals surface area contributed by atoms with E-state index in [0.29, 0.717) is 6.61 Å². The lowest BCUT2D eigenvalue weighted by Gasteiger charge is -2.01.